The average Bonchev–Trinajstić information content (AvgIpc) is 2.39. The maximum absolute atomic E-state index is 11.5. The van der Waals surface area contributed by atoms with Crippen LogP contribution in [-0.4, -0.2) is 12.1 Å². The number of H-pyrrole nitrogens is 1. The molecule has 0 spiro atoms. The van der Waals surface area contributed by atoms with Crippen LogP contribution in [0.1, 0.15) is 11.3 Å². The van der Waals surface area contributed by atoms with Gasteiger partial charge >= 0.3 is 0 Å². The lowest BCUT2D eigenvalue weighted by Gasteiger charge is -2.09. The van der Waals surface area contributed by atoms with Crippen LogP contribution in [0.25, 0.3) is 11.1 Å². The Morgan fingerprint density at radius 3 is 2.68 bits per heavy atom. The van der Waals surface area contributed by atoms with Crippen molar-refractivity contribution in [2.75, 3.05) is 12.8 Å². The number of aromatic amines is 1. The van der Waals surface area contributed by atoms with E-state index >= 15 is 0 Å². The summed E-state index contributed by atoms with van der Waals surface area (Å²) < 4.78 is 5.09. The summed E-state index contributed by atoms with van der Waals surface area (Å²) in [6.45, 7) is 1.78. The number of rotatable bonds is 2. The standard InChI is InChI=1S/C14H13N3O2/c1-8-11(5-10(7-15)14(18)17-8)9-3-4-13(19-2)12(16)6-9/h3-6H,16H2,1-2H3,(H,17,18). The topological polar surface area (TPSA) is 91.9 Å². The second-order valence-corrected chi connectivity index (χ2v) is 4.12. The number of hydrogen-bond acceptors (Lipinski definition) is 4. The van der Waals surface area contributed by atoms with E-state index in [0.29, 0.717) is 17.1 Å². The van der Waals surface area contributed by atoms with E-state index in [-0.39, 0.29) is 11.1 Å². The first kappa shape index (κ1) is 12.7. The van der Waals surface area contributed by atoms with E-state index in [1.807, 2.05) is 12.1 Å². The minimum Gasteiger partial charge on any atom is -0.495 e. The number of ether oxygens (including phenoxy) is 1. The van der Waals surface area contributed by atoms with Crippen LogP contribution >= 0.6 is 0 Å². The second-order valence-electron chi connectivity index (χ2n) is 4.12. The molecule has 0 aliphatic heterocycles. The molecule has 0 unspecified atom stereocenters. The lowest BCUT2D eigenvalue weighted by Crippen LogP contribution is -2.12. The van der Waals surface area contributed by atoms with Crippen LogP contribution in [-0.2, 0) is 0 Å². The van der Waals surface area contributed by atoms with Crippen molar-refractivity contribution < 1.29 is 4.74 Å². The van der Waals surface area contributed by atoms with Crippen LogP contribution in [0.3, 0.4) is 0 Å². The molecule has 1 heterocycles. The van der Waals surface area contributed by atoms with E-state index in [9.17, 15) is 4.79 Å². The largest absolute Gasteiger partial charge is 0.495 e. The lowest BCUT2D eigenvalue weighted by molar-refractivity contribution is 0.417. The van der Waals surface area contributed by atoms with Crippen molar-refractivity contribution in [2.24, 2.45) is 0 Å². The predicted molar refractivity (Wildman–Crippen MR) is 72.9 cm³/mol. The van der Waals surface area contributed by atoms with Gasteiger partial charge in [-0.25, -0.2) is 0 Å². The second kappa shape index (κ2) is 4.86. The summed E-state index contributed by atoms with van der Waals surface area (Å²) >= 11 is 0. The molecule has 5 nitrogen and oxygen atoms in total. The molecule has 2 rings (SSSR count). The van der Waals surface area contributed by atoms with Gasteiger partial charge in [-0.3, -0.25) is 4.79 Å². The minimum absolute atomic E-state index is 0.0787. The van der Waals surface area contributed by atoms with E-state index < -0.39 is 0 Å². The Kier molecular flexibility index (Phi) is 3.25. The fraction of sp³-hybridized carbons (Fsp3) is 0.143. The van der Waals surface area contributed by atoms with Crippen molar-refractivity contribution in [3.05, 3.63) is 45.9 Å². The average molecular weight is 255 g/mol. The molecule has 3 N–H and O–H groups in total. The Morgan fingerprint density at radius 2 is 2.11 bits per heavy atom. The highest BCUT2D eigenvalue weighted by molar-refractivity contribution is 5.72. The van der Waals surface area contributed by atoms with Gasteiger partial charge in [-0.2, -0.15) is 5.26 Å². The maximum Gasteiger partial charge on any atom is 0.266 e. The molecular weight excluding hydrogens is 242 g/mol. The number of aryl methyl sites for hydroxylation is 1. The molecule has 0 bridgehead atoms. The molecule has 0 amide bonds. The Hall–Kier alpha value is -2.74. The van der Waals surface area contributed by atoms with Crippen LogP contribution in [0.2, 0.25) is 0 Å². The number of nitrogens with one attached hydrogen (secondary N) is 1. The van der Waals surface area contributed by atoms with Gasteiger partial charge in [0.15, 0.2) is 0 Å². The minimum atomic E-state index is -0.384. The number of nitrogens with zero attached hydrogens (tertiary/aromatic N) is 1. The van der Waals surface area contributed by atoms with E-state index in [4.69, 9.17) is 15.7 Å². The van der Waals surface area contributed by atoms with Crippen molar-refractivity contribution in [1.82, 2.24) is 4.98 Å². The Bertz CT molecular complexity index is 726. The highest BCUT2D eigenvalue weighted by Crippen LogP contribution is 2.29. The number of pyridine rings is 1. The zero-order valence-corrected chi connectivity index (χ0v) is 10.7. The number of nitrogen functional groups attached to an aromatic ring is 1. The molecule has 1 aromatic heterocycles. The van der Waals surface area contributed by atoms with Crippen LogP contribution in [0.15, 0.2) is 29.1 Å². The van der Waals surface area contributed by atoms with Crippen molar-refractivity contribution in [3.63, 3.8) is 0 Å². The van der Waals surface area contributed by atoms with Crippen LogP contribution < -0.4 is 16.0 Å². The molecule has 96 valence electrons. The summed E-state index contributed by atoms with van der Waals surface area (Å²) in [4.78, 5) is 14.2. The molecule has 2 aromatic rings. The van der Waals surface area contributed by atoms with Gasteiger partial charge in [0.1, 0.15) is 17.4 Å². The number of nitriles is 1. The highest BCUT2D eigenvalue weighted by Gasteiger charge is 2.09. The summed E-state index contributed by atoms with van der Waals surface area (Å²) in [6.07, 6.45) is 0. The molecule has 5 heteroatoms. The quantitative estimate of drug-likeness (QED) is 0.800. The summed E-state index contributed by atoms with van der Waals surface area (Å²) in [5.41, 5.74) is 8.34. The fourth-order valence-corrected chi connectivity index (χ4v) is 1.91. The van der Waals surface area contributed by atoms with Crippen molar-refractivity contribution in [2.45, 2.75) is 6.92 Å². The van der Waals surface area contributed by atoms with Gasteiger partial charge in [-0.05, 0) is 30.7 Å². The predicted octanol–water partition coefficient (Wildman–Crippen LogP) is 1.81. The summed E-state index contributed by atoms with van der Waals surface area (Å²) in [6, 6.07) is 8.77. The van der Waals surface area contributed by atoms with Crippen molar-refractivity contribution >= 4 is 5.69 Å². The van der Waals surface area contributed by atoms with E-state index in [0.717, 1.165) is 11.1 Å². The van der Waals surface area contributed by atoms with Gasteiger partial charge in [-0.1, -0.05) is 6.07 Å². The summed E-state index contributed by atoms with van der Waals surface area (Å²) in [7, 11) is 1.55. The van der Waals surface area contributed by atoms with Crippen LogP contribution in [0.5, 0.6) is 5.75 Å². The summed E-state index contributed by atoms with van der Waals surface area (Å²) in [5, 5.41) is 8.90. The number of anilines is 1. The zero-order valence-electron chi connectivity index (χ0n) is 10.7. The van der Waals surface area contributed by atoms with E-state index in [2.05, 4.69) is 4.98 Å². The molecule has 0 fully saturated rings. The van der Waals surface area contributed by atoms with Gasteiger partial charge in [0, 0.05) is 11.3 Å². The molecule has 0 saturated carbocycles. The van der Waals surface area contributed by atoms with Crippen molar-refractivity contribution in [3.8, 4) is 22.9 Å². The Morgan fingerprint density at radius 1 is 1.37 bits per heavy atom. The highest BCUT2D eigenvalue weighted by atomic mass is 16.5. The Balaban J connectivity index is 2.62. The number of methoxy groups -OCH3 is 1. The van der Waals surface area contributed by atoms with Crippen LogP contribution in [0, 0.1) is 18.3 Å². The number of hydrogen-bond donors (Lipinski definition) is 2. The number of nitrogens with two attached hydrogens (primary N) is 1. The third-order valence-electron chi connectivity index (χ3n) is 2.90. The first-order valence-electron chi connectivity index (χ1n) is 5.64. The third kappa shape index (κ3) is 2.29. The van der Waals surface area contributed by atoms with Gasteiger partial charge in [0.2, 0.25) is 0 Å². The molecule has 0 atom stereocenters. The van der Waals surface area contributed by atoms with E-state index in [1.165, 1.54) is 0 Å². The molecule has 0 aliphatic rings. The Labute approximate surface area is 110 Å². The maximum atomic E-state index is 11.5. The van der Waals surface area contributed by atoms with Crippen LogP contribution in [0.4, 0.5) is 5.69 Å². The first-order valence-corrected chi connectivity index (χ1v) is 5.64. The number of benzene rings is 1. The first-order chi connectivity index (χ1) is 9.06. The monoisotopic (exact) mass is 255 g/mol. The zero-order chi connectivity index (χ0) is 14.0. The molecular formula is C14H13N3O2. The van der Waals surface area contributed by atoms with Crippen molar-refractivity contribution in [1.29, 1.82) is 5.26 Å². The summed E-state index contributed by atoms with van der Waals surface area (Å²) in [5.74, 6) is 0.589. The molecule has 0 aliphatic carbocycles. The molecule has 0 radical (unpaired) electrons. The smallest absolute Gasteiger partial charge is 0.266 e. The van der Waals surface area contributed by atoms with Gasteiger partial charge in [0.05, 0.1) is 12.8 Å². The fourth-order valence-electron chi connectivity index (χ4n) is 1.91. The van der Waals surface area contributed by atoms with Gasteiger partial charge in [0.25, 0.3) is 5.56 Å². The number of aromatic nitrogens is 1. The van der Waals surface area contributed by atoms with Gasteiger partial charge in [-0.15, -0.1) is 0 Å². The SMILES string of the molecule is COc1ccc(-c2cc(C#N)c(=O)[nH]c2C)cc1N. The molecule has 19 heavy (non-hydrogen) atoms. The van der Waals surface area contributed by atoms with E-state index in [1.54, 1.807) is 32.2 Å². The van der Waals surface area contributed by atoms with Gasteiger partial charge < -0.3 is 15.5 Å². The normalized spacial score (nSPS) is 9.95. The third-order valence-corrected chi connectivity index (χ3v) is 2.90. The lowest BCUT2D eigenvalue weighted by atomic mass is 10.0. The molecule has 0 saturated heterocycles. The molecule has 1 aromatic carbocycles.